The van der Waals surface area contributed by atoms with Crippen molar-refractivity contribution in [3.63, 3.8) is 0 Å². The van der Waals surface area contributed by atoms with Crippen molar-refractivity contribution in [2.45, 2.75) is 32.1 Å². The van der Waals surface area contributed by atoms with Gasteiger partial charge in [-0.3, -0.25) is 0 Å². The maximum absolute atomic E-state index is 9.06. The number of hydrogen-bond acceptors (Lipinski definition) is 2. The van der Waals surface area contributed by atoms with E-state index in [1.54, 1.807) is 0 Å². The lowest BCUT2D eigenvalue weighted by Crippen LogP contribution is -2.30. The molecule has 0 aromatic carbocycles. The summed E-state index contributed by atoms with van der Waals surface area (Å²) in [5, 5.41) is 9.06. The van der Waals surface area contributed by atoms with E-state index in [2.05, 4.69) is 12.0 Å². The van der Waals surface area contributed by atoms with E-state index in [9.17, 15) is 0 Å². The summed E-state index contributed by atoms with van der Waals surface area (Å²) < 4.78 is 5.33. The van der Waals surface area contributed by atoms with Crippen LogP contribution in [0.3, 0.4) is 0 Å². The number of hydrogen-bond donors (Lipinski definition) is 0. The van der Waals surface area contributed by atoms with Crippen molar-refractivity contribution in [3.05, 3.63) is 0 Å². The molecule has 0 N–H and O–H groups in total. The molecule has 1 fully saturated rings. The van der Waals surface area contributed by atoms with Gasteiger partial charge < -0.3 is 4.74 Å². The molecule has 0 spiro atoms. The first-order valence-corrected chi connectivity index (χ1v) is 4.75. The first-order valence-electron chi connectivity index (χ1n) is 4.75. The second-order valence-corrected chi connectivity index (χ2v) is 3.61. The third kappa shape index (κ3) is 2.76. The molecule has 0 bridgehead atoms. The predicted octanol–water partition coefficient (Wildman–Crippen LogP) is 2.11. The van der Waals surface area contributed by atoms with Gasteiger partial charge in [-0.05, 0) is 25.7 Å². The molecule has 0 aromatic heterocycles. The van der Waals surface area contributed by atoms with Gasteiger partial charge in [0.1, 0.15) is 0 Å². The van der Waals surface area contributed by atoms with Gasteiger partial charge in [0, 0.05) is 13.0 Å². The highest BCUT2D eigenvalue weighted by Crippen LogP contribution is 2.32. The van der Waals surface area contributed by atoms with E-state index in [1.165, 1.54) is 0 Å². The van der Waals surface area contributed by atoms with Crippen molar-refractivity contribution in [2.75, 3.05) is 13.2 Å². The summed E-state index contributed by atoms with van der Waals surface area (Å²) in [4.78, 5) is 0. The topological polar surface area (TPSA) is 33.0 Å². The molecule has 0 aliphatic carbocycles. The standard InChI is InChI=1S/C11H15NO/c1-2-3-4-6-11(9-12)7-5-8-13-10-11/h1H,3-8,10H2. The van der Waals surface area contributed by atoms with Crippen molar-refractivity contribution in [3.8, 4) is 18.4 Å². The normalized spacial score (nSPS) is 27.5. The molecule has 0 amide bonds. The Labute approximate surface area is 79.9 Å². The summed E-state index contributed by atoms with van der Waals surface area (Å²) in [6, 6.07) is 2.38. The number of nitriles is 1. The summed E-state index contributed by atoms with van der Waals surface area (Å²) in [6.07, 6.45) is 9.72. The predicted molar refractivity (Wildman–Crippen MR) is 50.8 cm³/mol. The van der Waals surface area contributed by atoms with E-state index in [0.717, 1.165) is 38.7 Å². The number of terminal acetylenes is 1. The van der Waals surface area contributed by atoms with Crippen LogP contribution in [-0.2, 0) is 4.74 Å². The molecule has 1 aliphatic rings. The van der Waals surface area contributed by atoms with Crippen molar-refractivity contribution in [2.24, 2.45) is 5.41 Å². The molecule has 1 unspecified atom stereocenters. The van der Waals surface area contributed by atoms with Crippen LogP contribution in [0.25, 0.3) is 0 Å². The van der Waals surface area contributed by atoms with Gasteiger partial charge in [-0.15, -0.1) is 12.3 Å². The Morgan fingerprint density at radius 3 is 2.92 bits per heavy atom. The average Bonchev–Trinajstić information content (AvgIpc) is 2.20. The molecule has 2 nitrogen and oxygen atoms in total. The lowest BCUT2D eigenvalue weighted by Gasteiger charge is -2.30. The Bertz CT molecular complexity index is 227. The third-order valence-electron chi connectivity index (χ3n) is 2.54. The lowest BCUT2D eigenvalue weighted by atomic mass is 9.80. The fraction of sp³-hybridized carbons (Fsp3) is 0.727. The zero-order chi connectivity index (χ0) is 9.57. The zero-order valence-electron chi connectivity index (χ0n) is 7.88. The van der Waals surface area contributed by atoms with Gasteiger partial charge in [-0.2, -0.15) is 5.26 Å². The first-order chi connectivity index (χ1) is 6.33. The van der Waals surface area contributed by atoms with Crippen LogP contribution in [0.1, 0.15) is 32.1 Å². The first kappa shape index (κ1) is 10.1. The zero-order valence-corrected chi connectivity index (χ0v) is 7.88. The number of nitrogens with zero attached hydrogens (tertiary/aromatic N) is 1. The SMILES string of the molecule is C#CCCCC1(C#N)CCCOC1. The maximum Gasteiger partial charge on any atom is 0.0808 e. The molecular weight excluding hydrogens is 162 g/mol. The average molecular weight is 177 g/mol. The highest BCUT2D eigenvalue weighted by Gasteiger charge is 2.32. The van der Waals surface area contributed by atoms with Crippen LogP contribution in [0.4, 0.5) is 0 Å². The van der Waals surface area contributed by atoms with Crippen LogP contribution in [0, 0.1) is 29.1 Å². The molecule has 13 heavy (non-hydrogen) atoms. The maximum atomic E-state index is 9.06. The van der Waals surface area contributed by atoms with Gasteiger partial charge in [0.2, 0.25) is 0 Å². The highest BCUT2D eigenvalue weighted by molar-refractivity contribution is 5.00. The van der Waals surface area contributed by atoms with Crippen LogP contribution in [0.5, 0.6) is 0 Å². The van der Waals surface area contributed by atoms with E-state index >= 15 is 0 Å². The lowest BCUT2D eigenvalue weighted by molar-refractivity contribution is 0.0174. The molecule has 1 rings (SSSR count). The number of rotatable bonds is 3. The second-order valence-electron chi connectivity index (χ2n) is 3.61. The molecule has 70 valence electrons. The van der Waals surface area contributed by atoms with E-state index in [1.807, 2.05) is 0 Å². The summed E-state index contributed by atoms with van der Waals surface area (Å²) in [5.74, 6) is 2.60. The van der Waals surface area contributed by atoms with Crippen LogP contribution in [-0.4, -0.2) is 13.2 Å². The van der Waals surface area contributed by atoms with E-state index in [4.69, 9.17) is 16.4 Å². The molecule has 1 aliphatic heterocycles. The van der Waals surface area contributed by atoms with Crippen molar-refractivity contribution in [1.82, 2.24) is 0 Å². The van der Waals surface area contributed by atoms with Crippen LogP contribution in [0.2, 0.25) is 0 Å². The fourth-order valence-electron chi connectivity index (χ4n) is 1.72. The number of ether oxygens (including phenoxy) is 1. The smallest absolute Gasteiger partial charge is 0.0808 e. The molecule has 2 heteroatoms. The van der Waals surface area contributed by atoms with E-state index in [-0.39, 0.29) is 5.41 Å². The van der Waals surface area contributed by atoms with Gasteiger partial charge in [0.15, 0.2) is 0 Å². The minimum atomic E-state index is -0.241. The van der Waals surface area contributed by atoms with Gasteiger partial charge in [0.25, 0.3) is 0 Å². The van der Waals surface area contributed by atoms with E-state index in [0.29, 0.717) is 6.61 Å². The van der Waals surface area contributed by atoms with Gasteiger partial charge >= 0.3 is 0 Å². The van der Waals surface area contributed by atoms with Crippen LogP contribution >= 0.6 is 0 Å². The van der Waals surface area contributed by atoms with Gasteiger partial charge in [0.05, 0.1) is 18.1 Å². The Balaban J connectivity index is 2.40. The van der Waals surface area contributed by atoms with E-state index < -0.39 is 0 Å². The Morgan fingerprint density at radius 1 is 1.54 bits per heavy atom. The molecule has 0 aromatic rings. The van der Waals surface area contributed by atoms with Crippen molar-refractivity contribution >= 4 is 0 Å². The summed E-state index contributed by atoms with van der Waals surface area (Å²) in [6.45, 7) is 1.40. The summed E-state index contributed by atoms with van der Waals surface area (Å²) in [7, 11) is 0. The van der Waals surface area contributed by atoms with Gasteiger partial charge in [-0.1, -0.05) is 0 Å². The third-order valence-corrected chi connectivity index (χ3v) is 2.54. The summed E-state index contributed by atoms with van der Waals surface area (Å²) >= 11 is 0. The fourth-order valence-corrected chi connectivity index (χ4v) is 1.72. The number of unbranched alkanes of at least 4 members (excludes halogenated alkanes) is 1. The molecule has 0 saturated carbocycles. The molecule has 1 saturated heterocycles. The summed E-state index contributed by atoms with van der Waals surface area (Å²) in [5.41, 5.74) is -0.241. The monoisotopic (exact) mass is 177 g/mol. The van der Waals surface area contributed by atoms with Crippen LogP contribution < -0.4 is 0 Å². The Kier molecular flexibility index (Phi) is 3.80. The second kappa shape index (κ2) is 4.90. The molecule has 1 atom stereocenters. The molecule has 1 heterocycles. The quantitative estimate of drug-likeness (QED) is 0.488. The Morgan fingerprint density at radius 2 is 2.38 bits per heavy atom. The van der Waals surface area contributed by atoms with Crippen molar-refractivity contribution < 1.29 is 4.74 Å². The largest absolute Gasteiger partial charge is 0.380 e. The van der Waals surface area contributed by atoms with Gasteiger partial charge in [-0.25, -0.2) is 0 Å². The minimum absolute atomic E-state index is 0.241. The highest BCUT2D eigenvalue weighted by atomic mass is 16.5. The molecule has 0 radical (unpaired) electrons. The Hall–Kier alpha value is -0.990. The van der Waals surface area contributed by atoms with Crippen molar-refractivity contribution in [1.29, 1.82) is 5.26 Å². The minimum Gasteiger partial charge on any atom is -0.380 e. The van der Waals surface area contributed by atoms with Crippen LogP contribution in [0.15, 0.2) is 0 Å². The molecular formula is C11H15NO.